The topological polar surface area (TPSA) is 38.7 Å². The summed E-state index contributed by atoms with van der Waals surface area (Å²) in [5.74, 6) is 0. The third-order valence-corrected chi connectivity index (χ3v) is 5.34. The maximum absolute atomic E-state index is 10.7. The van der Waals surface area contributed by atoms with E-state index in [-0.39, 0.29) is 0 Å². The van der Waals surface area contributed by atoms with Crippen LogP contribution in [0.1, 0.15) is 18.4 Å². The van der Waals surface area contributed by atoms with Crippen LogP contribution in [-0.4, -0.2) is 37.1 Å². The molecule has 108 valence electrons. The summed E-state index contributed by atoms with van der Waals surface area (Å²) in [5.41, 5.74) is 0.752. The first kappa shape index (κ1) is 14.0. The van der Waals surface area contributed by atoms with Gasteiger partial charge in [0.1, 0.15) is 0 Å². The van der Waals surface area contributed by atoms with E-state index in [4.69, 9.17) is 9.47 Å². The van der Waals surface area contributed by atoms with Crippen LogP contribution in [0.5, 0.6) is 0 Å². The molecule has 0 radical (unpaired) electrons. The van der Waals surface area contributed by atoms with Crippen LogP contribution < -0.4 is 0 Å². The summed E-state index contributed by atoms with van der Waals surface area (Å²) in [6.07, 6.45) is 1.66. The average Bonchev–Trinajstić information content (AvgIpc) is 2.91. The van der Waals surface area contributed by atoms with Gasteiger partial charge >= 0.3 is 0 Å². The Bertz CT molecular complexity index is 572. The van der Waals surface area contributed by atoms with Crippen LogP contribution in [0.15, 0.2) is 29.6 Å². The second kappa shape index (κ2) is 5.82. The van der Waals surface area contributed by atoms with Crippen molar-refractivity contribution in [2.45, 2.75) is 31.0 Å². The fraction of sp³-hybridized carbons (Fsp3) is 0.500. The SMILES string of the molecule is COC1(C(O)Cc2csc3ccccc23)CCOCC1. The number of rotatable bonds is 4. The first-order valence-corrected chi connectivity index (χ1v) is 7.89. The van der Waals surface area contributed by atoms with E-state index in [1.807, 2.05) is 12.1 Å². The predicted molar refractivity (Wildman–Crippen MR) is 81.3 cm³/mol. The molecule has 0 aliphatic carbocycles. The number of hydrogen-bond donors (Lipinski definition) is 1. The lowest BCUT2D eigenvalue weighted by molar-refractivity contribution is -0.151. The van der Waals surface area contributed by atoms with Gasteiger partial charge in [0.05, 0.1) is 11.7 Å². The lowest BCUT2D eigenvalue weighted by atomic mass is 9.84. The Hall–Kier alpha value is -0.940. The Labute approximate surface area is 123 Å². The van der Waals surface area contributed by atoms with E-state index in [1.54, 1.807) is 18.4 Å². The molecule has 1 aromatic carbocycles. The van der Waals surface area contributed by atoms with Crippen LogP contribution in [0.4, 0.5) is 0 Å². The molecule has 2 heterocycles. The molecule has 1 fully saturated rings. The van der Waals surface area contributed by atoms with Gasteiger partial charge in [-0.05, 0) is 22.4 Å². The lowest BCUT2D eigenvalue weighted by Gasteiger charge is -2.39. The zero-order chi connectivity index (χ0) is 14.0. The molecule has 1 saturated heterocycles. The molecule has 0 amide bonds. The number of aliphatic hydroxyl groups excluding tert-OH is 1. The number of methoxy groups -OCH3 is 1. The quantitative estimate of drug-likeness (QED) is 0.941. The normalized spacial score (nSPS) is 20.1. The summed E-state index contributed by atoms with van der Waals surface area (Å²) < 4.78 is 12.3. The molecule has 4 heteroatoms. The minimum Gasteiger partial charge on any atom is -0.390 e. The molecule has 3 rings (SSSR count). The predicted octanol–water partition coefficient (Wildman–Crippen LogP) is 3.00. The summed E-state index contributed by atoms with van der Waals surface area (Å²) in [6, 6.07) is 8.34. The fourth-order valence-electron chi connectivity index (χ4n) is 2.98. The Morgan fingerprint density at radius 3 is 2.85 bits per heavy atom. The van der Waals surface area contributed by atoms with Crippen LogP contribution in [0.25, 0.3) is 10.1 Å². The average molecular weight is 292 g/mol. The van der Waals surface area contributed by atoms with Crippen molar-refractivity contribution < 1.29 is 14.6 Å². The maximum atomic E-state index is 10.7. The Balaban J connectivity index is 1.82. The summed E-state index contributed by atoms with van der Waals surface area (Å²) in [4.78, 5) is 0. The molecule has 20 heavy (non-hydrogen) atoms. The van der Waals surface area contributed by atoms with Crippen LogP contribution in [0, 0.1) is 0 Å². The van der Waals surface area contributed by atoms with Crippen molar-refractivity contribution in [2.24, 2.45) is 0 Å². The maximum Gasteiger partial charge on any atom is 0.0983 e. The highest BCUT2D eigenvalue weighted by atomic mass is 32.1. The van der Waals surface area contributed by atoms with E-state index in [9.17, 15) is 5.11 Å². The zero-order valence-corrected chi connectivity index (χ0v) is 12.5. The third-order valence-electron chi connectivity index (χ3n) is 4.33. The van der Waals surface area contributed by atoms with Crippen LogP contribution in [0.3, 0.4) is 0 Å². The van der Waals surface area contributed by atoms with E-state index < -0.39 is 11.7 Å². The highest BCUT2D eigenvalue weighted by Crippen LogP contribution is 2.33. The van der Waals surface area contributed by atoms with Gasteiger partial charge in [0.25, 0.3) is 0 Å². The van der Waals surface area contributed by atoms with Gasteiger partial charge in [-0.1, -0.05) is 18.2 Å². The molecular formula is C16H20O3S. The van der Waals surface area contributed by atoms with Crippen molar-refractivity contribution in [2.75, 3.05) is 20.3 Å². The Kier molecular flexibility index (Phi) is 4.08. The molecule has 2 aromatic rings. The lowest BCUT2D eigenvalue weighted by Crippen LogP contribution is -2.49. The van der Waals surface area contributed by atoms with Crippen LogP contribution >= 0.6 is 11.3 Å². The van der Waals surface area contributed by atoms with Gasteiger partial charge < -0.3 is 14.6 Å². The third kappa shape index (κ3) is 2.49. The smallest absolute Gasteiger partial charge is 0.0983 e. The van der Waals surface area contributed by atoms with Crippen molar-refractivity contribution in [1.29, 1.82) is 0 Å². The molecule has 0 bridgehead atoms. The largest absolute Gasteiger partial charge is 0.390 e. The molecule has 1 N–H and O–H groups in total. The van der Waals surface area contributed by atoms with Crippen molar-refractivity contribution in [3.63, 3.8) is 0 Å². The monoisotopic (exact) mass is 292 g/mol. The number of aliphatic hydroxyl groups is 1. The van der Waals surface area contributed by atoms with E-state index in [2.05, 4.69) is 17.5 Å². The highest BCUT2D eigenvalue weighted by molar-refractivity contribution is 7.17. The number of ether oxygens (including phenoxy) is 2. The summed E-state index contributed by atoms with van der Waals surface area (Å²) in [6.45, 7) is 1.32. The van der Waals surface area contributed by atoms with E-state index >= 15 is 0 Å². The zero-order valence-electron chi connectivity index (χ0n) is 11.7. The van der Waals surface area contributed by atoms with Gasteiger partial charge in [0.15, 0.2) is 0 Å². The molecule has 1 atom stereocenters. The van der Waals surface area contributed by atoms with Crippen LogP contribution in [0.2, 0.25) is 0 Å². The summed E-state index contributed by atoms with van der Waals surface area (Å²) in [5, 5.41) is 14.1. The molecule has 0 spiro atoms. The van der Waals surface area contributed by atoms with Crippen molar-refractivity contribution in [3.8, 4) is 0 Å². The Morgan fingerprint density at radius 2 is 2.10 bits per heavy atom. The van der Waals surface area contributed by atoms with Gasteiger partial charge in [0.2, 0.25) is 0 Å². The fourth-order valence-corrected chi connectivity index (χ4v) is 3.95. The molecule has 3 nitrogen and oxygen atoms in total. The minimum atomic E-state index is -0.491. The van der Waals surface area contributed by atoms with Crippen LogP contribution in [-0.2, 0) is 15.9 Å². The molecule has 1 aromatic heterocycles. The number of benzene rings is 1. The number of hydrogen-bond acceptors (Lipinski definition) is 4. The summed E-state index contributed by atoms with van der Waals surface area (Å²) >= 11 is 1.73. The molecule has 1 aliphatic heterocycles. The van der Waals surface area contributed by atoms with E-state index in [1.165, 1.54) is 15.6 Å². The van der Waals surface area contributed by atoms with Gasteiger partial charge in [0, 0.05) is 44.3 Å². The van der Waals surface area contributed by atoms with Crippen molar-refractivity contribution in [1.82, 2.24) is 0 Å². The van der Waals surface area contributed by atoms with Gasteiger partial charge in [-0.15, -0.1) is 11.3 Å². The van der Waals surface area contributed by atoms with E-state index in [0.717, 1.165) is 12.8 Å². The first-order valence-electron chi connectivity index (χ1n) is 7.01. The van der Waals surface area contributed by atoms with Crippen molar-refractivity contribution >= 4 is 21.4 Å². The number of thiophene rings is 1. The molecule has 1 aliphatic rings. The van der Waals surface area contributed by atoms with Gasteiger partial charge in [-0.2, -0.15) is 0 Å². The summed E-state index contributed by atoms with van der Waals surface area (Å²) in [7, 11) is 1.69. The highest BCUT2D eigenvalue weighted by Gasteiger charge is 2.39. The first-order chi connectivity index (χ1) is 9.75. The number of fused-ring (bicyclic) bond motifs is 1. The molecule has 0 saturated carbocycles. The van der Waals surface area contributed by atoms with Gasteiger partial charge in [-0.3, -0.25) is 0 Å². The second-order valence-corrected chi connectivity index (χ2v) is 6.27. The standard InChI is InChI=1S/C16H20O3S/c1-18-16(6-8-19-9-7-16)15(17)10-12-11-20-14-5-3-2-4-13(12)14/h2-5,11,15,17H,6-10H2,1H3. The molecule has 1 unspecified atom stereocenters. The van der Waals surface area contributed by atoms with Gasteiger partial charge in [-0.25, -0.2) is 0 Å². The molecular weight excluding hydrogens is 272 g/mol. The Morgan fingerprint density at radius 1 is 1.35 bits per heavy atom. The van der Waals surface area contributed by atoms with Crippen molar-refractivity contribution in [3.05, 3.63) is 35.2 Å². The second-order valence-electron chi connectivity index (χ2n) is 5.36. The van der Waals surface area contributed by atoms with E-state index in [0.29, 0.717) is 19.6 Å². The minimum absolute atomic E-state index is 0.457.